The van der Waals surface area contributed by atoms with Crippen LogP contribution in [0.1, 0.15) is 60.9 Å². The van der Waals surface area contributed by atoms with Gasteiger partial charge in [-0.15, -0.1) is 10.2 Å². The summed E-state index contributed by atoms with van der Waals surface area (Å²) in [6.45, 7) is 3.14. The van der Waals surface area contributed by atoms with Gasteiger partial charge in [-0.1, -0.05) is 18.9 Å². The topological polar surface area (TPSA) is 92.2 Å². The number of hydrogen-bond donors (Lipinski definition) is 2. The third-order valence-corrected chi connectivity index (χ3v) is 5.33. The SMILES string of the molecule is C[C@H](NC(=O)c1cccc(N2CCNC2=O)c1)c1nncn1C1CCCC1. The maximum Gasteiger partial charge on any atom is 0.321 e. The highest BCUT2D eigenvalue weighted by molar-refractivity contribution is 5.98. The molecule has 1 aliphatic carbocycles. The summed E-state index contributed by atoms with van der Waals surface area (Å²) in [7, 11) is 0. The lowest BCUT2D eigenvalue weighted by Crippen LogP contribution is -2.30. The van der Waals surface area contributed by atoms with E-state index in [1.54, 1.807) is 29.4 Å². The number of urea groups is 1. The predicted molar refractivity (Wildman–Crippen MR) is 101 cm³/mol. The van der Waals surface area contributed by atoms with Gasteiger partial charge in [-0.25, -0.2) is 4.79 Å². The summed E-state index contributed by atoms with van der Waals surface area (Å²) < 4.78 is 2.10. The van der Waals surface area contributed by atoms with Crippen molar-refractivity contribution in [2.24, 2.45) is 0 Å². The van der Waals surface area contributed by atoms with Crippen molar-refractivity contribution in [3.63, 3.8) is 0 Å². The normalized spacial score (nSPS) is 18.6. The Morgan fingerprint density at radius 2 is 2.15 bits per heavy atom. The summed E-state index contributed by atoms with van der Waals surface area (Å²) in [5.41, 5.74) is 1.24. The highest BCUT2D eigenvalue weighted by atomic mass is 16.2. The molecule has 1 aromatic carbocycles. The second-order valence-electron chi connectivity index (χ2n) is 7.16. The molecule has 2 heterocycles. The van der Waals surface area contributed by atoms with Gasteiger partial charge in [0.2, 0.25) is 0 Å². The van der Waals surface area contributed by atoms with Crippen molar-refractivity contribution in [3.05, 3.63) is 42.0 Å². The molecule has 0 bridgehead atoms. The monoisotopic (exact) mass is 368 g/mol. The van der Waals surface area contributed by atoms with Gasteiger partial charge in [-0.05, 0) is 38.0 Å². The van der Waals surface area contributed by atoms with Gasteiger partial charge in [0.05, 0.1) is 6.04 Å². The highest BCUT2D eigenvalue weighted by Crippen LogP contribution is 2.31. The Kier molecular flexibility index (Phi) is 4.79. The van der Waals surface area contributed by atoms with E-state index in [-0.39, 0.29) is 18.0 Å². The van der Waals surface area contributed by atoms with E-state index in [0.717, 1.165) is 24.4 Å². The van der Waals surface area contributed by atoms with Crippen LogP contribution in [-0.4, -0.2) is 39.8 Å². The van der Waals surface area contributed by atoms with Crippen LogP contribution in [0.2, 0.25) is 0 Å². The van der Waals surface area contributed by atoms with E-state index in [2.05, 4.69) is 25.4 Å². The van der Waals surface area contributed by atoms with Crippen LogP contribution in [0.3, 0.4) is 0 Å². The number of rotatable bonds is 5. The van der Waals surface area contributed by atoms with Gasteiger partial charge < -0.3 is 15.2 Å². The number of aromatic nitrogens is 3. The first-order valence-electron chi connectivity index (χ1n) is 9.49. The number of hydrogen-bond acceptors (Lipinski definition) is 4. The molecule has 27 heavy (non-hydrogen) atoms. The quantitative estimate of drug-likeness (QED) is 0.848. The van der Waals surface area contributed by atoms with E-state index in [0.29, 0.717) is 24.7 Å². The number of amides is 3. The Morgan fingerprint density at radius 1 is 1.33 bits per heavy atom. The average molecular weight is 368 g/mol. The van der Waals surface area contributed by atoms with Crippen molar-refractivity contribution in [3.8, 4) is 0 Å². The first-order chi connectivity index (χ1) is 13.1. The Morgan fingerprint density at radius 3 is 2.89 bits per heavy atom. The fraction of sp³-hybridized carbons (Fsp3) is 0.474. The zero-order valence-corrected chi connectivity index (χ0v) is 15.4. The molecule has 1 aliphatic heterocycles. The van der Waals surface area contributed by atoms with Crippen LogP contribution in [0.25, 0.3) is 0 Å². The molecule has 0 unspecified atom stereocenters. The van der Waals surface area contributed by atoms with E-state index in [4.69, 9.17) is 0 Å². The van der Waals surface area contributed by atoms with Crippen LogP contribution >= 0.6 is 0 Å². The van der Waals surface area contributed by atoms with Crippen LogP contribution < -0.4 is 15.5 Å². The van der Waals surface area contributed by atoms with Gasteiger partial charge in [0.15, 0.2) is 5.82 Å². The van der Waals surface area contributed by atoms with E-state index in [1.807, 2.05) is 13.0 Å². The Labute approximate surface area is 158 Å². The standard InChI is InChI=1S/C19H24N6O2/c1-13(17-23-21-12-25(17)15-6-2-3-7-15)22-18(26)14-5-4-8-16(11-14)24-10-9-20-19(24)27/h4-5,8,11-13,15H,2-3,6-7,9-10H2,1H3,(H,20,27)(H,22,26)/t13-/m0/s1. The zero-order chi connectivity index (χ0) is 18.8. The second-order valence-corrected chi connectivity index (χ2v) is 7.16. The van der Waals surface area contributed by atoms with E-state index in [9.17, 15) is 9.59 Å². The van der Waals surface area contributed by atoms with Crippen LogP contribution in [0.4, 0.5) is 10.5 Å². The molecule has 1 saturated carbocycles. The molecule has 1 saturated heterocycles. The molecule has 4 rings (SSSR count). The molecule has 0 spiro atoms. The largest absolute Gasteiger partial charge is 0.342 e. The number of benzene rings is 1. The average Bonchev–Trinajstić information content (AvgIpc) is 3.42. The van der Waals surface area contributed by atoms with Crippen molar-refractivity contribution >= 4 is 17.6 Å². The minimum Gasteiger partial charge on any atom is -0.342 e. The molecule has 3 amide bonds. The molecular weight excluding hydrogens is 344 g/mol. The molecular formula is C19H24N6O2. The number of carbonyl (C=O) groups is 2. The molecule has 142 valence electrons. The van der Waals surface area contributed by atoms with Crippen LogP contribution in [0, 0.1) is 0 Å². The molecule has 2 aliphatic rings. The molecule has 1 aromatic heterocycles. The number of anilines is 1. The molecule has 2 N–H and O–H groups in total. The first kappa shape index (κ1) is 17.5. The summed E-state index contributed by atoms with van der Waals surface area (Å²) in [5, 5.41) is 14.1. The lowest BCUT2D eigenvalue weighted by Gasteiger charge is -2.19. The molecule has 1 atom stereocenters. The minimum absolute atomic E-state index is 0.134. The maximum atomic E-state index is 12.7. The lowest BCUT2D eigenvalue weighted by molar-refractivity contribution is 0.0937. The fourth-order valence-corrected chi connectivity index (χ4v) is 3.90. The van der Waals surface area contributed by atoms with Gasteiger partial charge in [-0.2, -0.15) is 0 Å². The van der Waals surface area contributed by atoms with Crippen molar-refractivity contribution < 1.29 is 9.59 Å². The second kappa shape index (κ2) is 7.38. The summed E-state index contributed by atoms with van der Waals surface area (Å²) in [4.78, 5) is 26.2. The van der Waals surface area contributed by atoms with Crippen molar-refractivity contribution in [2.45, 2.75) is 44.7 Å². The summed E-state index contributed by atoms with van der Waals surface area (Å²) in [6.07, 6.45) is 6.47. The minimum atomic E-state index is -0.251. The summed E-state index contributed by atoms with van der Waals surface area (Å²) >= 11 is 0. The van der Waals surface area contributed by atoms with Crippen LogP contribution in [-0.2, 0) is 0 Å². The first-order valence-corrected chi connectivity index (χ1v) is 9.49. The van der Waals surface area contributed by atoms with Gasteiger partial charge >= 0.3 is 6.03 Å². The van der Waals surface area contributed by atoms with E-state index in [1.165, 1.54) is 12.8 Å². The number of carbonyl (C=O) groups excluding carboxylic acids is 2. The maximum absolute atomic E-state index is 12.7. The summed E-state index contributed by atoms with van der Waals surface area (Å²) in [5.74, 6) is 0.593. The molecule has 8 nitrogen and oxygen atoms in total. The molecule has 2 aromatic rings. The smallest absolute Gasteiger partial charge is 0.321 e. The van der Waals surface area contributed by atoms with Crippen molar-refractivity contribution in [2.75, 3.05) is 18.0 Å². The lowest BCUT2D eigenvalue weighted by atomic mass is 10.1. The van der Waals surface area contributed by atoms with Crippen LogP contribution in [0.5, 0.6) is 0 Å². The third kappa shape index (κ3) is 3.51. The van der Waals surface area contributed by atoms with E-state index >= 15 is 0 Å². The predicted octanol–water partition coefficient (Wildman–Crippen LogP) is 2.41. The summed E-state index contributed by atoms with van der Waals surface area (Å²) in [6, 6.07) is 7.16. The Balaban J connectivity index is 1.48. The number of nitrogens with zero attached hydrogens (tertiary/aromatic N) is 4. The van der Waals surface area contributed by atoms with Gasteiger partial charge in [0, 0.05) is 30.4 Å². The highest BCUT2D eigenvalue weighted by Gasteiger charge is 2.25. The Hall–Kier alpha value is -2.90. The molecule has 8 heteroatoms. The Bertz CT molecular complexity index is 842. The van der Waals surface area contributed by atoms with Gasteiger partial charge in [0.1, 0.15) is 6.33 Å². The molecule has 0 radical (unpaired) electrons. The fourth-order valence-electron chi connectivity index (χ4n) is 3.90. The van der Waals surface area contributed by atoms with Crippen LogP contribution in [0.15, 0.2) is 30.6 Å². The van der Waals surface area contributed by atoms with Gasteiger partial charge in [-0.3, -0.25) is 9.69 Å². The van der Waals surface area contributed by atoms with Gasteiger partial charge in [0.25, 0.3) is 5.91 Å². The third-order valence-electron chi connectivity index (χ3n) is 5.33. The van der Waals surface area contributed by atoms with E-state index < -0.39 is 0 Å². The molecule has 2 fully saturated rings. The zero-order valence-electron chi connectivity index (χ0n) is 15.4. The van der Waals surface area contributed by atoms with Crippen molar-refractivity contribution in [1.29, 1.82) is 0 Å². The number of nitrogens with one attached hydrogen (secondary N) is 2. The van der Waals surface area contributed by atoms with Crippen molar-refractivity contribution in [1.82, 2.24) is 25.4 Å².